The van der Waals surface area contributed by atoms with Crippen LogP contribution in [0, 0.1) is 0 Å². The number of hydrogen-bond acceptors (Lipinski definition) is 5. The Kier molecular flexibility index (Phi) is 5.89. The van der Waals surface area contributed by atoms with Gasteiger partial charge in [-0.1, -0.05) is 46.9 Å². The molecule has 2 rings (SSSR count). The fourth-order valence-electron chi connectivity index (χ4n) is 1.54. The molecule has 122 valence electrons. The van der Waals surface area contributed by atoms with Crippen molar-refractivity contribution in [2.24, 2.45) is 0 Å². The van der Waals surface area contributed by atoms with Crippen LogP contribution in [0.5, 0.6) is 5.75 Å². The third kappa shape index (κ3) is 4.83. The molecular formula is C14H9Cl3O5S. The van der Waals surface area contributed by atoms with E-state index in [-0.39, 0.29) is 25.7 Å². The predicted molar refractivity (Wildman–Crippen MR) is 86.7 cm³/mol. The van der Waals surface area contributed by atoms with E-state index in [1.54, 1.807) is 12.1 Å². The molecule has 0 bridgehead atoms. The van der Waals surface area contributed by atoms with Crippen LogP contribution in [0.25, 0.3) is 0 Å². The van der Waals surface area contributed by atoms with Crippen molar-refractivity contribution in [1.29, 1.82) is 0 Å². The Labute approximate surface area is 147 Å². The first-order valence-electron chi connectivity index (χ1n) is 6.09. The quantitative estimate of drug-likeness (QED) is 0.435. The molecule has 0 unspecified atom stereocenters. The number of carbonyl (C=O) groups excluding carboxylic acids is 1. The lowest BCUT2D eigenvalue weighted by Crippen LogP contribution is -2.19. The zero-order valence-corrected chi connectivity index (χ0v) is 14.4. The van der Waals surface area contributed by atoms with E-state index in [2.05, 4.69) is 4.18 Å². The zero-order valence-electron chi connectivity index (χ0n) is 11.3. The highest BCUT2D eigenvalue weighted by Crippen LogP contribution is 2.27. The van der Waals surface area contributed by atoms with Crippen molar-refractivity contribution in [2.75, 3.05) is 6.61 Å². The molecule has 0 saturated heterocycles. The van der Waals surface area contributed by atoms with Gasteiger partial charge in [-0.3, -0.25) is 4.18 Å². The van der Waals surface area contributed by atoms with Gasteiger partial charge in [-0.15, -0.1) is 0 Å². The monoisotopic (exact) mass is 394 g/mol. The van der Waals surface area contributed by atoms with Crippen LogP contribution in [0.2, 0.25) is 15.1 Å². The van der Waals surface area contributed by atoms with E-state index in [1.807, 2.05) is 0 Å². The second-order valence-electron chi connectivity index (χ2n) is 4.20. The van der Waals surface area contributed by atoms with Crippen LogP contribution in [0.15, 0.2) is 47.4 Å². The molecule has 0 N–H and O–H groups in total. The molecule has 5 nitrogen and oxygen atoms in total. The smallest absolute Gasteiger partial charge is 0.339 e. The number of carbonyl (C=O) groups is 1. The average Bonchev–Trinajstić information content (AvgIpc) is 2.50. The van der Waals surface area contributed by atoms with Gasteiger partial charge in [0.15, 0.2) is 6.61 Å². The van der Waals surface area contributed by atoms with Gasteiger partial charge in [0.2, 0.25) is 0 Å². The summed E-state index contributed by atoms with van der Waals surface area (Å²) < 4.78 is 33.6. The molecule has 0 amide bonds. The number of rotatable bonds is 5. The highest BCUT2D eigenvalue weighted by atomic mass is 35.5. The standard InChI is InChI=1S/C14H9Cl3O5S/c15-9-5-6-11(17)13(7-9)23(19,20)21-8-14(18)22-12-4-2-1-3-10(12)16/h1-7H,8H2. The van der Waals surface area contributed by atoms with Crippen LogP contribution >= 0.6 is 34.8 Å². The van der Waals surface area contributed by atoms with Crippen LogP contribution in [-0.4, -0.2) is 21.0 Å². The Morgan fingerprint density at radius 2 is 1.70 bits per heavy atom. The average molecular weight is 396 g/mol. The minimum Gasteiger partial charge on any atom is -0.423 e. The van der Waals surface area contributed by atoms with Crippen LogP contribution in [0.4, 0.5) is 0 Å². The second-order valence-corrected chi connectivity index (χ2v) is 7.03. The maximum atomic E-state index is 12.0. The predicted octanol–water partition coefficient (Wildman–Crippen LogP) is 3.96. The Bertz CT molecular complexity index is 836. The van der Waals surface area contributed by atoms with Gasteiger partial charge in [0.1, 0.15) is 10.6 Å². The maximum absolute atomic E-state index is 12.0. The summed E-state index contributed by atoms with van der Waals surface area (Å²) in [6.07, 6.45) is 0. The van der Waals surface area contributed by atoms with Crippen molar-refractivity contribution in [3.8, 4) is 5.75 Å². The lowest BCUT2D eigenvalue weighted by Gasteiger charge is -2.08. The Balaban J connectivity index is 2.06. The van der Waals surface area contributed by atoms with Crippen molar-refractivity contribution in [3.05, 3.63) is 57.5 Å². The van der Waals surface area contributed by atoms with Crippen molar-refractivity contribution in [1.82, 2.24) is 0 Å². The molecule has 0 spiro atoms. The highest BCUT2D eigenvalue weighted by Gasteiger charge is 2.22. The van der Waals surface area contributed by atoms with E-state index in [4.69, 9.17) is 39.5 Å². The van der Waals surface area contributed by atoms with E-state index >= 15 is 0 Å². The number of esters is 1. The van der Waals surface area contributed by atoms with Gasteiger partial charge in [-0.2, -0.15) is 8.42 Å². The molecule has 0 aliphatic carbocycles. The summed E-state index contributed by atoms with van der Waals surface area (Å²) in [5.41, 5.74) is 0. The molecule has 0 saturated carbocycles. The molecule has 2 aromatic carbocycles. The van der Waals surface area contributed by atoms with Gasteiger partial charge in [0.25, 0.3) is 10.1 Å². The van der Waals surface area contributed by atoms with Gasteiger partial charge in [-0.05, 0) is 30.3 Å². The maximum Gasteiger partial charge on any atom is 0.339 e. The number of hydrogen-bond donors (Lipinski definition) is 0. The summed E-state index contributed by atoms with van der Waals surface area (Å²) in [5, 5.41) is 0.297. The summed E-state index contributed by atoms with van der Waals surface area (Å²) in [7, 11) is -4.26. The first kappa shape index (κ1) is 18.0. The molecule has 0 radical (unpaired) electrons. The molecule has 0 aromatic heterocycles. The first-order valence-corrected chi connectivity index (χ1v) is 8.63. The number of para-hydroxylation sites is 1. The van der Waals surface area contributed by atoms with Gasteiger partial charge < -0.3 is 4.74 Å². The summed E-state index contributed by atoms with van der Waals surface area (Å²) in [6.45, 7) is -0.837. The molecule has 0 fully saturated rings. The highest BCUT2D eigenvalue weighted by molar-refractivity contribution is 7.87. The van der Waals surface area contributed by atoms with E-state index in [9.17, 15) is 13.2 Å². The van der Waals surface area contributed by atoms with E-state index in [1.165, 1.54) is 24.3 Å². The van der Waals surface area contributed by atoms with Crippen molar-refractivity contribution >= 4 is 50.9 Å². The summed E-state index contributed by atoms with van der Waals surface area (Å²) >= 11 is 17.3. The van der Waals surface area contributed by atoms with E-state index in [0.717, 1.165) is 6.07 Å². The summed E-state index contributed by atoms with van der Waals surface area (Å²) in [5.74, 6) is -0.833. The topological polar surface area (TPSA) is 69.7 Å². The van der Waals surface area contributed by atoms with Gasteiger partial charge in [0.05, 0.1) is 10.0 Å². The molecule has 0 heterocycles. The number of ether oxygens (including phenoxy) is 1. The number of benzene rings is 2. The van der Waals surface area contributed by atoms with Gasteiger partial charge in [0, 0.05) is 5.02 Å². The Morgan fingerprint density at radius 1 is 1.00 bits per heavy atom. The SMILES string of the molecule is O=C(COS(=O)(=O)c1cc(Cl)ccc1Cl)Oc1ccccc1Cl. The van der Waals surface area contributed by atoms with E-state index in [0.29, 0.717) is 0 Å². The van der Waals surface area contributed by atoms with Crippen LogP contribution in [0.1, 0.15) is 0 Å². The van der Waals surface area contributed by atoms with E-state index < -0.39 is 22.7 Å². The molecule has 0 aliphatic heterocycles. The second kappa shape index (κ2) is 7.51. The molecule has 0 aliphatic rings. The first-order chi connectivity index (χ1) is 10.8. The Hall–Kier alpha value is -1.31. The normalized spacial score (nSPS) is 11.3. The summed E-state index contributed by atoms with van der Waals surface area (Å²) in [4.78, 5) is 11.3. The van der Waals surface area contributed by atoms with Gasteiger partial charge >= 0.3 is 5.97 Å². The lowest BCUT2D eigenvalue weighted by atomic mass is 10.3. The molecule has 9 heteroatoms. The minimum atomic E-state index is -4.26. The third-order valence-electron chi connectivity index (χ3n) is 2.55. The third-order valence-corrected chi connectivity index (χ3v) is 4.85. The summed E-state index contributed by atoms with van der Waals surface area (Å²) in [6, 6.07) is 10.1. The van der Waals surface area contributed by atoms with Gasteiger partial charge in [-0.25, -0.2) is 4.79 Å². The van der Waals surface area contributed by atoms with Crippen LogP contribution < -0.4 is 4.74 Å². The van der Waals surface area contributed by atoms with Crippen molar-refractivity contribution < 1.29 is 22.1 Å². The van der Waals surface area contributed by atoms with Crippen molar-refractivity contribution in [2.45, 2.75) is 4.90 Å². The lowest BCUT2D eigenvalue weighted by molar-refractivity contribution is -0.136. The zero-order chi connectivity index (χ0) is 17.0. The van der Waals surface area contributed by atoms with Crippen LogP contribution in [0.3, 0.4) is 0 Å². The molecular weight excluding hydrogens is 387 g/mol. The molecule has 2 aromatic rings. The van der Waals surface area contributed by atoms with Crippen LogP contribution in [-0.2, 0) is 19.1 Å². The molecule has 23 heavy (non-hydrogen) atoms. The molecule has 0 atom stereocenters. The number of halogens is 3. The fraction of sp³-hybridized carbons (Fsp3) is 0.0714. The van der Waals surface area contributed by atoms with Crippen molar-refractivity contribution in [3.63, 3.8) is 0 Å². The Morgan fingerprint density at radius 3 is 2.39 bits per heavy atom. The minimum absolute atomic E-state index is 0.0751. The largest absolute Gasteiger partial charge is 0.423 e. The fourth-order valence-corrected chi connectivity index (χ4v) is 3.31.